The van der Waals surface area contributed by atoms with Crippen LogP contribution < -0.4 is 0 Å². The predicted molar refractivity (Wildman–Crippen MR) is 121 cm³/mol. The molecule has 10 nitrogen and oxygen atoms in total. The van der Waals surface area contributed by atoms with Crippen LogP contribution in [0.3, 0.4) is 0 Å². The van der Waals surface area contributed by atoms with Crippen LogP contribution in [0.2, 0.25) is 0 Å². The third kappa shape index (κ3) is 11.8. The SMILES string of the molecule is CCCCCCCCCCO[C@@H]1O[C@H](COC(C)=O)[C@H](OC(C)=O)[C@H](OC(C)=O)[C@H]1OC(C)=O. The normalized spacial score (nSPS) is 24.2. The Morgan fingerprint density at radius 2 is 1.15 bits per heavy atom. The fourth-order valence-electron chi connectivity index (χ4n) is 3.76. The van der Waals surface area contributed by atoms with E-state index in [-0.39, 0.29) is 6.61 Å². The predicted octanol–water partition coefficient (Wildman–Crippen LogP) is 3.23. The summed E-state index contributed by atoms with van der Waals surface area (Å²) in [5.74, 6) is -2.55. The van der Waals surface area contributed by atoms with Crippen molar-refractivity contribution in [3.05, 3.63) is 0 Å². The van der Waals surface area contributed by atoms with Crippen LogP contribution in [0.5, 0.6) is 0 Å². The van der Waals surface area contributed by atoms with Crippen molar-refractivity contribution in [2.75, 3.05) is 13.2 Å². The van der Waals surface area contributed by atoms with Gasteiger partial charge in [-0.05, 0) is 6.42 Å². The Hall–Kier alpha value is -2.20. The standard InChI is InChI=1S/C24H40O10/c1-6-7-8-9-10-11-12-13-14-29-24-23(33-19(5)28)22(32-18(4)27)21(31-17(3)26)20(34-24)15-30-16(2)25/h20-24H,6-15H2,1-5H3/t20-,21+,22+,23-,24-/m1/s1. The van der Waals surface area contributed by atoms with Crippen LogP contribution in [0.1, 0.15) is 86.0 Å². The highest BCUT2D eigenvalue weighted by Gasteiger charge is 2.52. The van der Waals surface area contributed by atoms with Gasteiger partial charge in [-0.2, -0.15) is 0 Å². The van der Waals surface area contributed by atoms with Gasteiger partial charge in [0.1, 0.15) is 12.7 Å². The van der Waals surface area contributed by atoms with Crippen molar-refractivity contribution in [1.82, 2.24) is 0 Å². The smallest absolute Gasteiger partial charge is 0.303 e. The number of esters is 4. The number of carbonyl (C=O) groups is 4. The van der Waals surface area contributed by atoms with E-state index in [1.54, 1.807) is 0 Å². The zero-order chi connectivity index (χ0) is 25.5. The summed E-state index contributed by atoms with van der Waals surface area (Å²) in [7, 11) is 0. The van der Waals surface area contributed by atoms with Crippen LogP contribution in [-0.2, 0) is 47.6 Å². The molecule has 0 radical (unpaired) electrons. The Morgan fingerprint density at radius 1 is 0.647 bits per heavy atom. The average molecular weight is 489 g/mol. The molecule has 1 aliphatic heterocycles. The van der Waals surface area contributed by atoms with E-state index in [4.69, 9.17) is 28.4 Å². The molecule has 0 aromatic heterocycles. The fraction of sp³-hybridized carbons (Fsp3) is 0.833. The van der Waals surface area contributed by atoms with Crippen LogP contribution in [0.15, 0.2) is 0 Å². The lowest BCUT2D eigenvalue weighted by atomic mass is 9.98. The first-order valence-electron chi connectivity index (χ1n) is 12.1. The minimum absolute atomic E-state index is 0.268. The summed E-state index contributed by atoms with van der Waals surface area (Å²) in [5, 5.41) is 0. The molecule has 1 aliphatic rings. The molecule has 0 unspecified atom stereocenters. The molecule has 5 atom stereocenters. The molecule has 34 heavy (non-hydrogen) atoms. The molecule has 1 fully saturated rings. The molecule has 1 rings (SSSR count). The van der Waals surface area contributed by atoms with E-state index in [1.807, 2.05) is 0 Å². The van der Waals surface area contributed by atoms with Gasteiger partial charge in [-0.15, -0.1) is 0 Å². The van der Waals surface area contributed by atoms with Gasteiger partial charge in [0.05, 0.1) is 0 Å². The van der Waals surface area contributed by atoms with Gasteiger partial charge in [-0.3, -0.25) is 19.2 Å². The summed E-state index contributed by atoms with van der Waals surface area (Å²) in [6.45, 7) is 7.03. The van der Waals surface area contributed by atoms with Crippen LogP contribution in [0.25, 0.3) is 0 Å². The third-order valence-corrected chi connectivity index (χ3v) is 5.23. The van der Waals surface area contributed by atoms with Gasteiger partial charge in [-0.25, -0.2) is 0 Å². The lowest BCUT2D eigenvalue weighted by Gasteiger charge is -2.44. The lowest BCUT2D eigenvalue weighted by molar-refractivity contribution is -0.308. The maximum absolute atomic E-state index is 11.8. The summed E-state index contributed by atoms with van der Waals surface area (Å²) in [6, 6.07) is 0. The number of hydrogen-bond donors (Lipinski definition) is 0. The minimum atomic E-state index is -1.21. The number of unbranched alkanes of at least 4 members (excludes halogenated alkanes) is 7. The molecule has 0 N–H and O–H groups in total. The van der Waals surface area contributed by atoms with Crippen LogP contribution >= 0.6 is 0 Å². The van der Waals surface area contributed by atoms with E-state index in [9.17, 15) is 19.2 Å². The Bertz CT molecular complexity index is 650. The van der Waals surface area contributed by atoms with Crippen molar-refractivity contribution < 1.29 is 47.6 Å². The molecule has 0 saturated carbocycles. The maximum atomic E-state index is 11.8. The van der Waals surface area contributed by atoms with E-state index < -0.39 is 54.6 Å². The van der Waals surface area contributed by atoms with E-state index in [1.165, 1.54) is 59.8 Å². The topological polar surface area (TPSA) is 124 Å². The monoisotopic (exact) mass is 488 g/mol. The Kier molecular flexibility index (Phi) is 14.4. The van der Waals surface area contributed by atoms with Crippen molar-refractivity contribution in [1.29, 1.82) is 0 Å². The number of hydrogen-bond acceptors (Lipinski definition) is 10. The largest absolute Gasteiger partial charge is 0.463 e. The summed E-state index contributed by atoms with van der Waals surface area (Å²) in [4.78, 5) is 46.7. The first-order chi connectivity index (χ1) is 16.1. The van der Waals surface area contributed by atoms with Gasteiger partial charge in [0, 0.05) is 34.3 Å². The summed E-state index contributed by atoms with van der Waals surface area (Å²) in [5.41, 5.74) is 0. The second kappa shape index (κ2) is 16.4. The molecule has 0 aliphatic carbocycles. The molecular weight excluding hydrogens is 448 g/mol. The Balaban J connectivity index is 2.89. The minimum Gasteiger partial charge on any atom is -0.463 e. The first kappa shape index (κ1) is 29.8. The number of carbonyl (C=O) groups excluding carboxylic acids is 4. The first-order valence-corrected chi connectivity index (χ1v) is 12.1. The van der Waals surface area contributed by atoms with Crippen molar-refractivity contribution in [2.24, 2.45) is 0 Å². The second-order valence-corrected chi connectivity index (χ2v) is 8.41. The molecule has 1 saturated heterocycles. The molecule has 10 heteroatoms. The summed E-state index contributed by atoms with van der Waals surface area (Å²) >= 11 is 0. The molecule has 0 amide bonds. The van der Waals surface area contributed by atoms with E-state index in [0.717, 1.165) is 19.3 Å². The number of ether oxygens (including phenoxy) is 6. The van der Waals surface area contributed by atoms with Crippen LogP contribution in [-0.4, -0.2) is 67.8 Å². The molecule has 0 spiro atoms. The van der Waals surface area contributed by atoms with Gasteiger partial charge in [0.25, 0.3) is 0 Å². The van der Waals surface area contributed by atoms with Crippen molar-refractivity contribution in [2.45, 2.75) is 117 Å². The van der Waals surface area contributed by atoms with Crippen LogP contribution in [0.4, 0.5) is 0 Å². The highest BCUT2D eigenvalue weighted by molar-refractivity contribution is 5.68. The Morgan fingerprint density at radius 3 is 1.68 bits per heavy atom. The van der Waals surface area contributed by atoms with Gasteiger partial charge < -0.3 is 28.4 Å². The lowest BCUT2D eigenvalue weighted by Crippen LogP contribution is -2.63. The van der Waals surface area contributed by atoms with Crippen molar-refractivity contribution >= 4 is 23.9 Å². The maximum Gasteiger partial charge on any atom is 0.303 e. The van der Waals surface area contributed by atoms with E-state index in [0.29, 0.717) is 6.61 Å². The third-order valence-electron chi connectivity index (χ3n) is 5.23. The molecule has 0 bridgehead atoms. The zero-order valence-electron chi connectivity index (χ0n) is 21.0. The van der Waals surface area contributed by atoms with Gasteiger partial charge in [0.2, 0.25) is 0 Å². The molecule has 0 aromatic rings. The summed E-state index contributed by atoms with van der Waals surface area (Å²) in [6.07, 6.45) is 3.27. The number of rotatable bonds is 15. The second-order valence-electron chi connectivity index (χ2n) is 8.41. The highest BCUT2D eigenvalue weighted by atomic mass is 16.7. The van der Waals surface area contributed by atoms with Gasteiger partial charge in [0.15, 0.2) is 24.6 Å². The van der Waals surface area contributed by atoms with Gasteiger partial charge in [-0.1, -0.05) is 51.9 Å². The molecule has 0 aromatic carbocycles. The quantitative estimate of drug-likeness (QED) is 0.193. The molecule has 1 heterocycles. The van der Waals surface area contributed by atoms with Crippen molar-refractivity contribution in [3.63, 3.8) is 0 Å². The zero-order valence-corrected chi connectivity index (χ0v) is 21.0. The average Bonchev–Trinajstić information content (AvgIpc) is 2.74. The van der Waals surface area contributed by atoms with Crippen LogP contribution in [0, 0.1) is 0 Å². The Labute approximate surface area is 201 Å². The fourth-order valence-corrected chi connectivity index (χ4v) is 3.76. The van der Waals surface area contributed by atoms with Gasteiger partial charge >= 0.3 is 23.9 Å². The van der Waals surface area contributed by atoms with E-state index in [2.05, 4.69) is 6.92 Å². The highest BCUT2D eigenvalue weighted by Crippen LogP contribution is 2.30. The van der Waals surface area contributed by atoms with Crippen molar-refractivity contribution in [3.8, 4) is 0 Å². The summed E-state index contributed by atoms with van der Waals surface area (Å²) < 4.78 is 32.9. The van der Waals surface area contributed by atoms with E-state index >= 15 is 0 Å². The molecular formula is C24H40O10. The molecule has 196 valence electrons.